The van der Waals surface area contributed by atoms with Gasteiger partial charge < -0.3 is 9.64 Å². The number of hydrogen-bond donors (Lipinski definition) is 0. The first-order chi connectivity index (χ1) is 11.6. The minimum absolute atomic E-state index is 0.233. The Bertz CT molecular complexity index is 901. The Morgan fingerprint density at radius 2 is 1.83 bits per heavy atom. The monoisotopic (exact) mass is 338 g/mol. The second-order valence-electron chi connectivity index (χ2n) is 6.10. The summed E-state index contributed by atoms with van der Waals surface area (Å²) in [6, 6.07) is 14.2. The molecule has 2 atom stereocenters. The van der Waals surface area contributed by atoms with Crippen LogP contribution in [-0.2, 0) is 4.74 Å². The first-order valence-corrected chi connectivity index (χ1v) is 8.67. The van der Waals surface area contributed by atoms with E-state index in [0.717, 1.165) is 21.6 Å². The Morgan fingerprint density at radius 3 is 2.50 bits per heavy atom. The van der Waals surface area contributed by atoms with Gasteiger partial charge in [-0.1, -0.05) is 17.4 Å². The van der Waals surface area contributed by atoms with E-state index in [1.807, 2.05) is 44.4 Å². The maximum Gasteiger partial charge on any atom is 0.231 e. The molecule has 1 aliphatic rings. The van der Waals surface area contributed by atoms with Crippen LogP contribution in [-0.4, -0.2) is 25.2 Å². The van der Waals surface area contributed by atoms with Gasteiger partial charge in [0.2, 0.25) is 5.13 Å². The summed E-state index contributed by atoms with van der Waals surface area (Å²) >= 11 is 1.55. The van der Waals surface area contributed by atoms with Crippen LogP contribution in [0.4, 0.5) is 16.5 Å². The highest BCUT2D eigenvalue weighted by Gasteiger charge is 2.35. The lowest BCUT2D eigenvalue weighted by atomic mass is 10.1. The number of azo groups is 1. The highest BCUT2D eigenvalue weighted by Crippen LogP contribution is 2.40. The van der Waals surface area contributed by atoms with Crippen molar-refractivity contribution in [2.24, 2.45) is 10.2 Å². The van der Waals surface area contributed by atoms with Crippen LogP contribution < -0.4 is 4.90 Å². The third-order valence-corrected chi connectivity index (χ3v) is 4.96. The van der Waals surface area contributed by atoms with Crippen molar-refractivity contribution in [3.8, 4) is 0 Å². The van der Waals surface area contributed by atoms with Crippen LogP contribution in [0.5, 0.6) is 0 Å². The topological polar surface area (TPSA) is 53.4 Å². The zero-order valence-corrected chi connectivity index (χ0v) is 14.6. The number of hydrogen-bond acceptors (Lipinski definition) is 6. The van der Waals surface area contributed by atoms with E-state index in [1.165, 1.54) is 5.56 Å². The molecule has 0 spiro atoms. The molecular formula is C18H18N4OS. The molecule has 24 heavy (non-hydrogen) atoms. The number of fused-ring (bicyclic) bond motifs is 1. The highest BCUT2D eigenvalue weighted by molar-refractivity contribution is 7.21. The summed E-state index contributed by atoms with van der Waals surface area (Å²) in [6.45, 7) is 2.09. The lowest BCUT2D eigenvalue weighted by Crippen LogP contribution is -2.07. The molecule has 1 fully saturated rings. The van der Waals surface area contributed by atoms with Gasteiger partial charge in [0, 0.05) is 19.8 Å². The maximum atomic E-state index is 5.53. The quantitative estimate of drug-likeness (QED) is 0.483. The molecule has 2 aromatic carbocycles. The second-order valence-corrected chi connectivity index (χ2v) is 7.11. The van der Waals surface area contributed by atoms with Crippen molar-refractivity contribution in [3.63, 3.8) is 0 Å². The van der Waals surface area contributed by atoms with Gasteiger partial charge in [0.05, 0.1) is 22.0 Å². The first-order valence-electron chi connectivity index (χ1n) is 7.85. The Hall–Kier alpha value is -2.31. The van der Waals surface area contributed by atoms with Gasteiger partial charge in [-0.05, 0) is 48.9 Å². The fraction of sp³-hybridized carbons (Fsp3) is 0.278. The molecule has 122 valence electrons. The van der Waals surface area contributed by atoms with E-state index < -0.39 is 0 Å². The molecule has 0 radical (unpaired) electrons. The molecule has 0 aliphatic carbocycles. The molecule has 1 aliphatic heterocycles. The molecular weight excluding hydrogens is 320 g/mol. The van der Waals surface area contributed by atoms with Crippen LogP contribution in [0, 0.1) is 0 Å². The summed E-state index contributed by atoms with van der Waals surface area (Å²) < 4.78 is 6.65. The second kappa shape index (κ2) is 5.96. The molecule has 0 saturated carbocycles. The number of anilines is 1. The SMILES string of the molecule is CC1OC1c1ccc2nc(N=Nc3ccc(N(C)C)cc3)sc2c1. The summed E-state index contributed by atoms with van der Waals surface area (Å²) in [5.74, 6) is 0. The molecule has 1 saturated heterocycles. The van der Waals surface area contributed by atoms with E-state index in [2.05, 4.69) is 39.2 Å². The smallest absolute Gasteiger partial charge is 0.231 e. The summed E-state index contributed by atoms with van der Waals surface area (Å²) in [4.78, 5) is 6.57. The summed E-state index contributed by atoms with van der Waals surface area (Å²) in [7, 11) is 4.03. The number of rotatable bonds is 4. The molecule has 5 nitrogen and oxygen atoms in total. The normalized spacial score (nSPS) is 20.0. The maximum absolute atomic E-state index is 5.53. The van der Waals surface area contributed by atoms with Gasteiger partial charge in [-0.3, -0.25) is 0 Å². The average Bonchev–Trinajstić information content (AvgIpc) is 3.17. The number of thiazole rings is 1. The van der Waals surface area contributed by atoms with Gasteiger partial charge >= 0.3 is 0 Å². The van der Waals surface area contributed by atoms with Crippen molar-refractivity contribution in [3.05, 3.63) is 48.0 Å². The van der Waals surface area contributed by atoms with Crippen molar-refractivity contribution in [2.45, 2.75) is 19.1 Å². The Kier molecular flexibility index (Phi) is 3.78. The van der Waals surface area contributed by atoms with Crippen LogP contribution in [0.3, 0.4) is 0 Å². The fourth-order valence-corrected chi connectivity index (χ4v) is 3.44. The Balaban J connectivity index is 1.55. The van der Waals surface area contributed by atoms with Gasteiger partial charge in [0.15, 0.2) is 0 Å². The van der Waals surface area contributed by atoms with Crippen molar-refractivity contribution >= 4 is 38.1 Å². The molecule has 0 N–H and O–H groups in total. The fourth-order valence-electron chi connectivity index (χ4n) is 2.60. The zero-order chi connectivity index (χ0) is 16.7. The van der Waals surface area contributed by atoms with Gasteiger partial charge in [0.1, 0.15) is 6.10 Å². The largest absolute Gasteiger partial charge is 0.378 e. The van der Waals surface area contributed by atoms with Crippen LogP contribution in [0.25, 0.3) is 10.2 Å². The van der Waals surface area contributed by atoms with Crippen molar-refractivity contribution in [2.75, 3.05) is 19.0 Å². The van der Waals surface area contributed by atoms with E-state index in [0.29, 0.717) is 11.2 Å². The third kappa shape index (κ3) is 3.02. The Morgan fingerprint density at radius 1 is 1.08 bits per heavy atom. The zero-order valence-electron chi connectivity index (χ0n) is 13.8. The third-order valence-electron chi connectivity index (χ3n) is 4.06. The molecule has 0 amide bonds. The van der Waals surface area contributed by atoms with Crippen molar-refractivity contribution < 1.29 is 4.74 Å². The highest BCUT2D eigenvalue weighted by atomic mass is 32.1. The summed E-state index contributed by atoms with van der Waals surface area (Å²) in [5.41, 5.74) is 4.12. The lowest BCUT2D eigenvalue weighted by Gasteiger charge is -2.11. The van der Waals surface area contributed by atoms with E-state index >= 15 is 0 Å². The van der Waals surface area contributed by atoms with Gasteiger partial charge in [0.25, 0.3) is 0 Å². The molecule has 1 aromatic heterocycles. The molecule has 6 heteroatoms. The Labute approximate surface area is 144 Å². The standard InChI is InChI=1S/C18H18N4OS/c1-11-17(23-11)12-4-9-15-16(10-12)24-18(19-15)21-20-13-5-7-14(8-6-13)22(2)3/h4-11,17H,1-3H3. The minimum Gasteiger partial charge on any atom is -0.378 e. The number of ether oxygens (including phenoxy) is 1. The molecule has 2 heterocycles. The predicted molar refractivity (Wildman–Crippen MR) is 97.9 cm³/mol. The van der Waals surface area contributed by atoms with E-state index in [4.69, 9.17) is 4.74 Å². The lowest BCUT2D eigenvalue weighted by molar-refractivity contribution is 0.383. The van der Waals surface area contributed by atoms with Crippen LogP contribution in [0.2, 0.25) is 0 Å². The van der Waals surface area contributed by atoms with Crippen LogP contribution in [0.15, 0.2) is 52.7 Å². The van der Waals surface area contributed by atoms with Crippen LogP contribution in [0.1, 0.15) is 18.6 Å². The first kappa shape index (κ1) is 15.2. The van der Waals surface area contributed by atoms with Crippen LogP contribution >= 0.6 is 11.3 Å². The molecule has 3 aromatic rings. The average molecular weight is 338 g/mol. The minimum atomic E-state index is 0.233. The number of benzene rings is 2. The van der Waals surface area contributed by atoms with E-state index in [-0.39, 0.29) is 6.10 Å². The van der Waals surface area contributed by atoms with E-state index in [1.54, 1.807) is 11.3 Å². The molecule has 0 bridgehead atoms. The van der Waals surface area contributed by atoms with Gasteiger partial charge in [-0.25, -0.2) is 4.98 Å². The van der Waals surface area contributed by atoms with Gasteiger partial charge in [-0.2, -0.15) is 0 Å². The summed E-state index contributed by atoms with van der Waals surface area (Å²) in [6.07, 6.45) is 0.552. The van der Waals surface area contributed by atoms with Gasteiger partial charge in [-0.15, -0.1) is 10.2 Å². The molecule has 2 unspecified atom stereocenters. The predicted octanol–water partition coefficient (Wildman–Crippen LogP) is 5.24. The van der Waals surface area contributed by atoms with E-state index in [9.17, 15) is 0 Å². The van der Waals surface area contributed by atoms with Crippen molar-refractivity contribution in [1.82, 2.24) is 4.98 Å². The number of aromatic nitrogens is 1. The molecule has 4 rings (SSSR count). The summed E-state index contributed by atoms with van der Waals surface area (Å²) in [5, 5.41) is 9.23. The number of epoxide rings is 1. The number of nitrogens with zero attached hydrogens (tertiary/aromatic N) is 4. The van der Waals surface area contributed by atoms with Crippen molar-refractivity contribution in [1.29, 1.82) is 0 Å².